The largest absolute Gasteiger partial charge is 0.445 e. The van der Waals surface area contributed by atoms with Crippen LogP contribution in [-0.4, -0.2) is 44.6 Å². The molecule has 5 heterocycles. The standard InChI is InChI=1S/C19H24N6O2/c1-12(2)14-9-16(18-22-20-11-25(18)23-14)24-6-3-17-15(10-24)21-19(27-17)13-4-7-26-8-5-13/h9,11-13H,3-8,10H2,1-2H3. The molecule has 0 bridgehead atoms. The molecule has 8 nitrogen and oxygen atoms in total. The molecule has 0 atom stereocenters. The zero-order valence-electron chi connectivity index (χ0n) is 15.8. The lowest BCUT2D eigenvalue weighted by Crippen LogP contribution is -2.31. The minimum Gasteiger partial charge on any atom is -0.445 e. The van der Waals surface area contributed by atoms with Gasteiger partial charge in [-0.25, -0.2) is 4.98 Å². The minimum absolute atomic E-state index is 0.336. The summed E-state index contributed by atoms with van der Waals surface area (Å²) < 4.78 is 13.4. The summed E-state index contributed by atoms with van der Waals surface area (Å²) in [5, 5.41) is 12.9. The van der Waals surface area contributed by atoms with Crippen molar-refractivity contribution in [3.05, 3.63) is 35.4 Å². The molecule has 8 heteroatoms. The lowest BCUT2D eigenvalue weighted by molar-refractivity contribution is 0.0791. The van der Waals surface area contributed by atoms with Crippen molar-refractivity contribution >= 4 is 11.3 Å². The van der Waals surface area contributed by atoms with Gasteiger partial charge in [-0.3, -0.25) is 0 Å². The zero-order chi connectivity index (χ0) is 18.4. The molecule has 1 fully saturated rings. The summed E-state index contributed by atoms with van der Waals surface area (Å²) in [6, 6.07) is 2.14. The van der Waals surface area contributed by atoms with Gasteiger partial charge in [-0.2, -0.15) is 9.61 Å². The van der Waals surface area contributed by atoms with Crippen molar-refractivity contribution < 1.29 is 9.15 Å². The highest BCUT2D eigenvalue weighted by Gasteiger charge is 2.28. The van der Waals surface area contributed by atoms with Gasteiger partial charge in [0.05, 0.1) is 17.9 Å². The minimum atomic E-state index is 0.336. The lowest BCUT2D eigenvalue weighted by atomic mass is 10.0. The first kappa shape index (κ1) is 16.7. The number of nitrogens with zero attached hydrogens (tertiary/aromatic N) is 6. The van der Waals surface area contributed by atoms with Gasteiger partial charge < -0.3 is 14.1 Å². The molecule has 3 aromatic rings. The second-order valence-electron chi connectivity index (χ2n) is 7.69. The molecule has 27 heavy (non-hydrogen) atoms. The topological polar surface area (TPSA) is 81.6 Å². The Morgan fingerprint density at radius 3 is 2.89 bits per heavy atom. The smallest absolute Gasteiger partial charge is 0.200 e. The van der Waals surface area contributed by atoms with Crippen LogP contribution in [0.25, 0.3) is 5.65 Å². The van der Waals surface area contributed by atoms with Crippen LogP contribution >= 0.6 is 0 Å². The molecular weight excluding hydrogens is 344 g/mol. The van der Waals surface area contributed by atoms with Crippen LogP contribution in [0.15, 0.2) is 16.8 Å². The highest BCUT2D eigenvalue weighted by molar-refractivity contribution is 5.68. The van der Waals surface area contributed by atoms with Crippen molar-refractivity contribution in [3.8, 4) is 0 Å². The van der Waals surface area contributed by atoms with E-state index >= 15 is 0 Å². The van der Waals surface area contributed by atoms with E-state index in [2.05, 4.69) is 40.1 Å². The van der Waals surface area contributed by atoms with Gasteiger partial charge in [-0.15, -0.1) is 10.2 Å². The molecule has 0 aliphatic carbocycles. The predicted octanol–water partition coefficient (Wildman–Crippen LogP) is 2.69. The van der Waals surface area contributed by atoms with E-state index in [1.807, 2.05) is 0 Å². The van der Waals surface area contributed by atoms with Gasteiger partial charge in [0, 0.05) is 32.1 Å². The van der Waals surface area contributed by atoms with Gasteiger partial charge in [0.2, 0.25) is 5.65 Å². The first-order chi connectivity index (χ1) is 13.2. The molecule has 0 amide bonds. The number of hydrogen-bond donors (Lipinski definition) is 0. The van der Waals surface area contributed by atoms with Crippen LogP contribution < -0.4 is 4.90 Å². The number of anilines is 1. The lowest BCUT2D eigenvalue weighted by Gasteiger charge is -2.27. The summed E-state index contributed by atoms with van der Waals surface area (Å²) in [5.41, 5.74) is 3.93. The monoisotopic (exact) mass is 368 g/mol. The van der Waals surface area contributed by atoms with Crippen molar-refractivity contribution in [3.63, 3.8) is 0 Å². The van der Waals surface area contributed by atoms with Crippen LogP contribution in [0.1, 0.15) is 61.6 Å². The van der Waals surface area contributed by atoms with Crippen molar-refractivity contribution in [2.24, 2.45) is 0 Å². The molecular formula is C19H24N6O2. The average Bonchev–Trinajstić information content (AvgIpc) is 3.33. The van der Waals surface area contributed by atoms with Crippen molar-refractivity contribution in [2.75, 3.05) is 24.7 Å². The molecule has 0 saturated carbocycles. The summed E-state index contributed by atoms with van der Waals surface area (Å²) in [6.45, 7) is 7.49. The number of aromatic nitrogens is 5. The molecule has 0 aromatic carbocycles. The highest BCUT2D eigenvalue weighted by atomic mass is 16.5. The van der Waals surface area contributed by atoms with Gasteiger partial charge in [0.25, 0.3) is 0 Å². The van der Waals surface area contributed by atoms with Gasteiger partial charge in [-0.05, 0) is 24.8 Å². The van der Waals surface area contributed by atoms with E-state index in [1.165, 1.54) is 0 Å². The van der Waals surface area contributed by atoms with Crippen LogP contribution in [0.5, 0.6) is 0 Å². The zero-order valence-corrected chi connectivity index (χ0v) is 15.8. The van der Waals surface area contributed by atoms with E-state index in [0.29, 0.717) is 11.8 Å². The molecule has 142 valence electrons. The van der Waals surface area contributed by atoms with E-state index in [0.717, 1.165) is 79.9 Å². The Kier molecular flexibility index (Phi) is 4.07. The summed E-state index contributed by atoms with van der Waals surface area (Å²) >= 11 is 0. The fourth-order valence-electron chi connectivity index (χ4n) is 3.89. The Labute approximate surface area is 157 Å². The maximum atomic E-state index is 6.13. The Morgan fingerprint density at radius 1 is 1.22 bits per heavy atom. The average molecular weight is 368 g/mol. The number of oxazole rings is 1. The summed E-state index contributed by atoms with van der Waals surface area (Å²) in [5.74, 6) is 2.64. The van der Waals surface area contributed by atoms with E-state index in [9.17, 15) is 0 Å². The maximum Gasteiger partial charge on any atom is 0.200 e. The predicted molar refractivity (Wildman–Crippen MR) is 98.9 cm³/mol. The molecule has 2 aliphatic heterocycles. The normalized spacial score (nSPS) is 18.4. The fourth-order valence-corrected chi connectivity index (χ4v) is 3.89. The number of ether oxygens (including phenoxy) is 1. The molecule has 2 aliphatic rings. The van der Waals surface area contributed by atoms with Crippen molar-refractivity contribution in [2.45, 2.75) is 51.5 Å². The molecule has 0 N–H and O–H groups in total. The van der Waals surface area contributed by atoms with Gasteiger partial charge in [-0.1, -0.05) is 13.8 Å². The Bertz CT molecular complexity index is 956. The van der Waals surface area contributed by atoms with E-state index in [-0.39, 0.29) is 0 Å². The van der Waals surface area contributed by atoms with Crippen LogP contribution in [0, 0.1) is 0 Å². The molecule has 3 aromatic heterocycles. The SMILES string of the molecule is CC(C)c1cc(N2CCc3oc(C4CCOCC4)nc3C2)c2nncn2n1. The number of hydrogen-bond acceptors (Lipinski definition) is 7. The first-order valence-electron chi connectivity index (χ1n) is 9.71. The molecule has 1 saturated heterocycles. The maximum absolute atomic E-state index is 6.13. The second kappa shape index (κ2) is 6.60. The van der Waals surface area contributed by atoms with E-state index < -0.39 is 0 Å². The van der Waals surface area contributed by atoms with Crippen molar-refractivity contribution in [1.29, 1.82) is 0 Å². The molecule has 0 radical (unpaired) electrons. The molecule has 0 unspecified atom stereocenters. The third kappa shape index (κ3) is 2.97. The summed E-state index contributed by atoms with van der Waals surface area (Å²) in [6.07, 6.45) is 4.50. The summed E-state index contributed by atoms with van der Waals surface area (Å²) in [7, 11) is 0. The quantitative estimate of drug-likeness (QED) is 0.703. The Hall–Kier alpha value is -2.48. The van der Waals surface area contributed by atoms with Crippen molar-refractivity contribution in [1.82, 2.24) is 24.8 Å². The van der Waals surface area contributed by atoms with Crippen LogP contribution in [0.4, 0.5) is 5.69 Å². The Balaban J connectivity index is 1.46. The van der Waals surface area contributed by atoms with Gasteiger partial charge in [0.15, 0.2) is 5.89 Å². The van der Waals surface area contributed by atoms with Crippen LogP contribution in [0.3, 0.4) is 0 Å². The van der Waals surface area contributed by atoms with Gasteiger partial charge >= 0.3 is 0 Å². The molecule has 0 spiro atoms. The van der Waals surface area contributed by atoms with E-state index in [1.54, 1.807) is 10.8 Å². The van der Waals surface area contributed by atoms with E-state index in [4.69, 9.17) is 14.1 Å². The summed E-state index contributed by atoms with van der Waals surface area (Å²) in [4.78, 5) is 7.17. The van der Waals surface area contributed by atoms with Crippen LogP contribution in [0.2, 0.25) is 0 Å². The number of rotatable bonds is 3. The first-order valence-corrected chi connectivity index (χ1v) is 9.71. The second-order valence-corrected chi connectivity index (χ2v) is 7.69. The Morgan fingerprint density at radius 2 is 2.07 bits per heavy atom. The molecule has 5 rings (SSSR count). The highest BCUT2D eigenvalue weighted by Crippen LogP contribution is 2.32. The van der Waals surface area contributed by atoms with Crippen LogP contribution in [-0.2, 0) is 17.7 Å². The third-order valence-corrected chi connectivity index (χ3v) is 5.51. The number of fused-ring (bicyclic) bond motifs is 2. The fraction of sp³-hybridized carbons (Fsp3) is 0.579. The van der Waals surface area contributed by atoms with Gasteiger partial charge in [0.1, 0.15) is 17.8 Å². The third-order valence-electron chi connectivity index (χ3n) is 5.51.